The maximum atomic E-state index is 9.66. The summed E-state index contributed by atoms with van der Waals surface area (Å²) < 4.78 is 2.35. The Morgan fingerprint density at radius 1 is 0.800 bits per heavy atom. The predicted molar refractivity (Wildman–Crippen MR) is 140 cm³/mol. The van der Waals surface area contributed by atoms with E-state index < -0.39 is 0 Å². The van der Waals surface area contributed by atoms with E-state index in [-0.39, 0.29) is 0 Å². The van der Waals surface area contributed by atoms with Crippen molar-refractivity contribution in [2.45, 2.75) is 25.7 Å². The first kappa shape index (κ1) is 20.9. The van der Waals surface area contributed by atoms with Crippen LogP contribution in [0.1, 0.15) is 42.4 Å². The van der Waals surface area contributed by atoms with E-state index >= 15 is 0 Å². The monoisotopic (exact) mass is 450 g/mol. The SMILES string of the molecule is N#Cc1ccc2c(c1)c1ccccc1n2C1=CC(C2=CCCC=C2c2ccncc2C#N)=CCC1. The van der Waals surface area contributed by atoms with Crippen LogP contribution < -0.4 is 0 Å². The molecule has 4 heteroatoms. The van der Waals surface area contributed by atoms with Crippen LogP contribution in [0, 0.1) is 22.7 Å². The Bertz CT molecular complexity index is 1710. The Morgan fingerprint density at radius 2 is 1.63 bits per heavy atom. The lowest BCUT2D eigenvalue weighted by Gasteiger charge is -2.23. The molecule has 0 atom stereocenters. The van der Waals surface area contributed by atoms with Crippen LogP contribution in [0.5, 0.6) is 0 Å². The lowest BCUT2D eigenvalue weighted by atomic mass is 9.84. The summed E-state index contributed by atoms with van der Waals surface area (Å²) in [5.41, 5.74) is 9.21. The highest BCUT2D eigenvalue weighted by atomic mass is 15.0. The molecule has 166 valence electrons. The minimum absolute atomic E-state index is 0.600. The minimum atomic E-state index is 0.600. The molecule has 4 nitrogen and oxygen atoms in total. The zero-order valence-electron chi connectivity index (χ0n) is 19.2. The number of aromatic nitrogens is 2. The van der Waals surface area contributed by atoms with Crippen LogP contribution in [0.2, 0.25) is 0 Å². The third kappa shape index (κ3) is 3.48. The number of para-hydroxylation sites is 1. The molecular weight excluding hydrogens is 428 g/mol. The molecule has 0 spiro atoms. The largest absolute Gasteiger partial charge is 0.313 e. The summed E-state index contributed by atoms with van der Waals surface area (Å²) >= 11 is 0. The second-order valence-corrected chi connectivity index (χ2v) is 8.88. The Labute approximate surface area is 204 Å². The fourth-order valence-corrected chi connectivity index (χ4v) is 5.32. The maximum Gasteiger partial charge on any atom is 0.101 e. The summed E-state index contributed by atoms with van der Waals surface area (Å²) in [6.07, 6.45) is 16.4. The van der Waals surface area contributed by atoms with Gasteiger partial charge in [0.15, 0.2) is 0 Å². The van der Waals surface area contributed by atoms with Crippen molar-refractivity contribution in [3.05, 3.63) is 113 Å². The van der Waals surface area contributed by atoms with Crippen LogP contribution >= 0.6 is 0 Å². The highest BCUT2D eigenvalue weighted by Gasteiger charge is 2.21. The smallest absolute Gasteiger partial charge is 0.101 e. The normalized spacial score (nSPS) is 15.6. The molecule has 35 heavy (non-hydrogen) atoms. The van der Waals surface area contributed by atoms with Crippen LogP contribution in [0.25, 0.3) is 33.1 Å². The molecule has 6 rings (SSSR count). The van der Waals surface area contributed by atoms with Gasteiger partial charge in [0.25, 0.3) is 0 Å². The van der Waals surface area contributed by atoms with Crippen LogP contribution in [0.4, 0.5) is 0 Å². The van der Waals surface area contributed by atoms with Crippen molar-refractivity contribution in [1.29, 1.82) is 10.5 Å². The number of pyridine rings is 1. The first-order chi connectivity index (χ1) is 17.3. The highest BCUT2D eigenvalue weighted by Crippen LogP contribution is 2.40. The molecule has 0 fully saturated rings. The molecule has 0 N–H and O–H groups in total. The molecule has 0 saturated heterocycles. The fourth-order valence-electron chi connectivity index (χ4n) is 5.32. The summed E-state index contributed by atoms with van der Waals surface area (Å²) in [7, 11) is 0. The zero-order chi connectivity index (χ0) is 23.8. The third-order valence-corrected chi connectivity index (χ3v) is 6.87. The van der Waals surface area contributed by atoms with Crippen LogP contribution in [0.15, 0.2) is 96.4 Å². The molecule has 0 unspecified atom stereocenters. The second kappa shape index (κ2) is 8.60. The molecule has 2 aliphatic rings. The van der Waals surface area contributed by atoms with E-state index in [0.717, 1.165) is 58.6 Å². The van der Waals surface area contributed by atoms with E-state index in [0.29, 0.717) is 11.1 Å². The highest BCUT2D eigenvalue weighted by molar-refractivity contribution is 6.10. The van der Waals surface area contributed by atoms with E-state index in [2.05, 4.69) is 76.3 Å². The van der Waals surface area contributed by atoms with Crippen LogP contribution in [0.3, 0.4) is 0 Å². The molecule has 0 radical (unpaired) electrons. The Morgan fingerprint density at radius 3 is 2.49 bits per heavy atom. The number of allylic oxidation sites excluding steroid dienone is 8. The van der Waals surface area contributed by atoms with Crippen molar-refractivity contribution in [3.8, 4) is 12.1 Å². The van der Waals surface area contributed by atoms with E-state index in [1.165, 1.54) is 16.8 Å². The zero-order valence-corrected chi connectivity index (χ0v) is 19.2. The quantitative estimate of drug-likeness (QED) is 0.329. The number of nitriles is 2. The van der Waals surface area contributed by atoms with Gasteiger partial charge in [-0.05, 0) is 78.8 Å². The predicted octanol–water partition coefficient (Wildman–Crippen LogP) is 7.30. The summed E-state index contributed by atoms with van der Waals surface area (Å²) in [5.74, 6) is 0. The number of rotatable bonds is 3. The summed E-state index contributed by atoms with van der Waals surface area (Å²) in [6.45, 7) is 0. The topological polar surface area (TPSA) is 65.4 Å². The number of hydrogen-bond acceptors (Lipinski definition) is 3. The first-order valence-electron chi connectivity index (χ1n) is 11.9. The number of nitrogens with zero attached hydrogens (tertiary/aromatic N) is 4. The molecule has 0 bridgehead atoms. The fraction of sp³-hybridized carbons (Fsp3) is 0.129. The number of hydrogen-bond donors (Lipinski definition) is 0. The van der Waals surface area contributed by atoms with E-state index in [1.807, 2.05) is 18.2 Å². The second-order valence-electron chi connectivity index (χ2n) is 8.88. The molecule has 0 aliphatic heterocycles. The van der Waals surface area contributed by atoms with Crippen molar-refractivity contribution in [2.75, 3.05) is 0 Å². The van der Waals surface area contributed by atoms with E-state index in [9.17, 15) is 10.5 Å². The van der Waals surface area contributed by atoms with Gasteiger partial charge in [0.1, 0.15) is 6.07 Å². The van der Waals surface area contributed by atoms with Crippen molar-refractivity contribution in [3.63, 3.8) is 0 Å². The average molecular weight is 451 g/mol. The van der Waals surface area contributed by atoms with Crippen molar-refractivity contribution < 1.29 is 0 Å². The van der Waals surface area contributed by atoms with Crippen molar-refractivity contribution >= 4 is 33.1 Å². The summed E-state index contributed by atoms with van der Waals surface area (Å²) in [5, 5.41) is 21.4. The van der Waals surface area contributed by atoms with Gasteiger partial charge in [0.05, 0.1) is 28.2 Å². The molecular formula is C31H22N4. The average Bonchev–Trinajstić information content (AvgIpc) is 3.26. The Kier molecular flexibility index (Phi) is 5.13. The number of benzene rings is 2. The molecule has 0 amide bonds. The molecule has 2 heterocycles. The Hall–Kier alpha value is -4.67. The van der Waals surface area contributed by atoms with Gasteiger partial charge in [-0.15, -0.1) is 0 Å². The molecule has 2 aliphatic carbocycles. The van der Waals surface area contributed by atoms with Gasteiger partial charge < -0.3 is 4.57 Å². The third-order valence-electron chi connectivity index (χ3n) is 6.87. The van der Waals surface area contributed by atoms with Gasteiger partial charge >= 0.3 is 0 Å². The van der Waals surface area contributed by atoms with Gasteiger partial charge in [-0.1, -0.05) is 36.4 Å². The standard InChI is InChI=1S/C31H22N4/c32-18-21-12-13-31-29(16-21)28-10-3-4-11-30(28)35(31)24-7-5-6-22(17-24)25-8-1-2-9-27(25)26-14-15-34-20-23(26)19-33/h3-4,6,8-17,20H,1-2,5,7H2. The van der Waals surface area contributed by atoms with Gasteiger partial charge in [-0.2, -0.15) is 10.5 Å². The van der Waals surface area contributed by atoms with Gasteiger partial charge in [-0.25, -0.2) is 0 Å². The van der Waals surface area contributed by atoms with E-state index in [1.54, 1.807) is 12.4 Å². The number of fused-ring (bicyclic) bond motifs is 3. The van der Waals surface area contributed by atoms with Gasteiger partial charge in [0, 0.05) is 34.4 Å². The molecule has 2 aromatic heterocycles. The lowest BCUT2D eigenvalue weighted by molar-refractivity contribution is 0.963. The van der Waals surface area contributed by atoms with Crippen LogP contribution in [-0.2, 0) is 0 Å². The van der Waals surface area contributed by atoms with E-state index in [4.69, 9.17) is 0 Å². The lowest BCUT2D eigenvalue weighted by Crippen LogP contribution is -2.05. The van der Waals surface area contributed by atoms with Crippen LogP contribution in [-0.4, -0.2) is 9.55 Å². The minimum Gasteiger partial charge on any atom is -0.313 e. The summed E-state index contributed by atoms with van der Waals surface area (Å²) in [6, 6.07) is 20.9. The molecule has 4 aromatic rings. The van der Waals surface area contributed by atoms with Crippen molar-refractivity contribution in [1.82, 2.24) is 9.55 Å². The molecule has 0 saturated carbocycles. The molecule has 2 aromatic carbocycles. The van der Waals surface area contributed by atoms with Gasteiger partial charge in [-0.3, -0.25) is 4.98 Å². The van der Waals surface area contributed by atoms with Crippen molar-refractivity contribution in [2.24, 2.45) is 0 Å². The first-order valence-corrected chi connectivity index (χ1v) is 11.9. The Balaban J connectivity index is 1.50. The van der Waals surface area contributed by atoms with Gasteiger partial charge in [0.2, 0.25) is 0 Å². The summed E-state index contributed by atoms with van der Waals surface area (Å²) in [4.78, 5) is 4.15. The maximum absolute atomic E-state index is 9.66.